The molecule has 1 amide bonds. The number of carbonyl (C=O) groups is 1. The highest BCUT2D eigenvalue weighted by atomic mass is 32.1. The van der Waals surface area contributed by atoms with Gasteiger partial charge < -0.3 is 5.32 Å². The summed E-state index contributed by atoms with van der Waals surface area (Å²) in [5, 5.41) is 6.99. The molecule has 3 heteroatoms. The van der Waals surface area contributed by atoms with Crippen LogP contribution in [0.4, 0.5) is 5.69 Å². The number of amides is 1. The van der Waals surface area contributed by atoms with Crippen LogP contribution in [0.25, 0.3) is 0 Å². The molecule has 0 radical (unpaired) electrons. The van der Waals surface area contributed by atoms with Crippen LogP contribution in [0.3, 0.4) is 0 Å². The lowest BCUT2D eigenvalue weighted by molar-refractivity contribution is -0.115. The number of nitrogens with one attached hydrogen (secondary N) is 1. The number of thiophene rings is 1. The molecule has 0 saturated carbocycles. The minimum Gasteiger partial charge on any atom is -0.326 e. The zero-order valence-electron chi connectivity index (χ0n) is 10.1. The van der Waals surface area contributed by atoms with Crippen molar-refractivity contribution in [3.63, 3.8) is 0 Å². The first-order chi connectivity index (χ1) is 8.81. The normalized spacial score (nSPS) is 13.3. The predicted molar refractivity (Wildman–Crippen MR) is 75.1 cm³/mol. The summed E-state index contributed by atoms with van der Waals surface area (Å²) in [7, 11) is 0. The Morgan fingerprint density at radius 1 is 1.22 bits per heavy atom. The van der Waals surface area contributed by atoms with Crippen molar-refractivity contribution >= 4 is 22.9 Å². The SMILES string of the molecule is O=C(Cc1ccsc1)Nc1ccc2c(c1)CCC2. The van der Waals surface area contributed by atoms with E-state index in [4.69, 9.17) is 0 Å². The largest absolute Gasteiger partial charge is 0.326 e. The molecule has 1 aromatic heterocycles. The van der Waals surface area contributed by atoms with Crippen LogP contribution in [0, 0.1) is 0 Å². The molecule has 0 spiro atoms. The van der Waals surface area contributed by atoms with E-state index >= 15 is 0 Å². The Kier molecular flexibility index (Phi) is 3.15. The van der Waals surface area contributed by atoms with Gasteiger partial charge in [0.2, 0.25) is 5.91 Å². The number of fused-ring (bicyclic) bond motifs is 1. The molecule has 0 bridgehead atoms. The van der Waals surface area contributed by atoms with Crippen molar-refractivity contribution in [2.45, 2.75) is 25.7 Å². The van der Waals surface area contributed by atoms with E-state index in [-0.39, 0.29) is 5.91 Å². The number of anilines is 1. The van der Waals surface area contributed by atoms with Gasteiger partial charge in [0, 0.05) is 5.69 Å². The molecule has 1 aromatic carbocycles. The summed E-state index contributed by atoms with van der Waals surface area (Å²) < 4.78 is 0. The predicted octanol–water partition coefficient (Wildman–Crippen LogP) is 3.42. The van der Waals surface area contributed by atoms with Crippen LogP contribution < -0.4 is 5.32 Å². The minimum absolute atomic E-state index is 0.0614. The van der Waals surface area contributed by atoms with Crippen molar-refractivity contribution in [2.24, 2.45) is 0 Å². The van der Waals surface area contributed by atoms with E-state index in [0.29, 0.717) is 6.42 Å². The van der Waals surface area contributed by atoms with Gasteiger partial charge in [0.25, 0.3) is 0 Å². The third-order valence-electron chi connectivity index (χ3n) is 3.33. The lowest BCUT2D eigenvalue weighted by Crippen LogP contribution is -2.14. The quantitative estimate of drug-likeness (QED) is 0.897. The van der Waals surface area contributed by atoms with E-state index in [1.54, 1.807) is 11.3 Å². The Morgan fingerprint density at radius 2 is 2.11 bits per heavy atom. The molecule has 18 heavy (non-hydrogen) atoms. The Balaban J connectivity index is 1.67. The van der Waals surface area contributed by atoms with E-state index in [0.717, 1.165) is 17.7 Å². The summed E-state index contributed by atoms with van der Waals surface area (Å²) in [6.07, 6.45) is 4.02. The molecular formula is C15H15NOS. The zero-order chi connectivity index (χ0) is 12.4. The van der Waals surface area contributed by atoms with Gasteiger partial charge in [-0.05, 0) is 64.9 Å². The van der Waals surface area contributed by atoms with Crippen LogP contribution >= 0.6 is 11.3 Å². The molecule has 2 nitrogen and oxygen atoms in total. The van der Waals surface area contributed by atoms with Gasteiger partial charge in [0.05, 0.1) is 6.42 Å². The number of hydrogen-bond donors (Lipinski definition) is 1. The molecule has 1 N–H and O–H groups in total. The van der Waals surface area contributed by atoms with E-state index < -0.39 is 0 Å². The molecule has 0 saturated heterocycles. The fourth-order valence-corrected chi connectivity index (χ4v) is 3.10. The van der Waals surface area contributed by atoms with Crippen LogP contribution in [0.15, 0.2) is 35.0 Å². The highest BCUT2D eigenvalue weighted by Gasteiger charge is 2.11. The Hall–Kier alpha value is -1.61. The summed E-state index contributed by atoms with van der Waals surface area (Å²) in [5.74, 6) is 0.0614. The molecule has 0 unspecified atom stereocenters. The Bertz CT molecular complexity index is 560. The summed E-state index contributed by atoms with van der Waals surface area (Å²) in [6, 6.07) is 8.26. The van der Waals surface area contributed by atoms with Crippen LogP contribution in [-0.2, 0) is 24.1 Å². The van der Waals surface area contributed by atoms with Crippen LogP contribution in [-0.4, -0.2) is 5.91 Å². The van der Waals surface area contributed by atoms with Gasteiger partial charge in [-0.15, -0.1) is 0 Å². The van der Waals surface area contributed by atoms with Gasteiger partial charge >= 0.3 is 0 Å². The summed E-state index contributed by atoms with van der Waals surface area (Å²) in [6.45, 7) is 0. The van der Waals surface area contributed by atoms with Crippen molar-refractivity contribution in [1.29, 1.82) is 0 Å². The molecule has 92 valence electrons. The summed E-state index contributed by atoms with van der Waals surface area (Å²) >= 11 is 1.62. The minimum atomic E-state index is 0.0614. The molecule has 1 heterocycles. The van der Waals surface area contributed by atoms with Gasteiger partial charge in [-0.25, -0.2) is 0 Å². The maximum atomic E-state index is 11.9. The number of benzene rings is 1. The fourth-order valence-electron chi connectivity index (χ4n) is 2.43. The first kappa shape index (κ1) is 11.5. The molecule has 0 fully saturated rings. The molecule has 1 aliphatic rings. The molecule has 0 aliphatic heterocycles. The third-order valence-corrected chi connectivity index (χ3v) is 4.06. The Morgan fingerprint density at radius 3 is 2.94 bits per heavy atom. The van der Waals surface area contributed by atoms with Crippen LogP contribution in [0.2, 0.25) is 0 Å². The van der Waals surface area contributed by atoms with Crippen molar-refractivity contribution in [2.75, 3.05) is 5.32 Å². The zero-order valence-corrected chi connectivity index (χ0v) is 10.9. The third kappa shape index (κ3) is 2.46. The summed E-state index contributed by atoms with van der Waals surface area (Å²) in [5.41, 5.74) is 4.84. The van der Waals surface area contributed by atoms with E-state index in [9.17, 15) is 4.79 Å². The summed E-state index contributed by atoms with van der Waals surface area (Å²) in [4.78, 5) is 11.9. The maximum Gasteiger partial charge on any atom is 0.228 e. The second-order valence-corrected chi connectivity index (χ2v) is 5.47. The van der Waals surface area contributed by atoms with E-state index in [1.165, 1.54) is 24.0 Å². The van der Waals surface area contributed by atoms with Gasteiger partial charge in [0.15, 0.2) is 0 Å². The van der Waals surface area contributed by atoms with Crippen molar-refractivity contribution in [3.05, 3.63) is 51.7 Å². The maximum absolute atomic E-state index is 11.9. The molecule has 0 atom stereocenters. The first-order valence-electron chi connectivity index (χ1n) is 6.24. The van der Waals surface area contributed by atoms with Gasteiger partial charge in [-0.3, -0.25) is 4.79 Å². The lowest BCUT2D eigenvalue weighted by atomic mass is 10.1. The van der Waals surface area contributed by atoms with Gasteiger partial charge in [0.1, 0.15) is 0 Å². The van der Waals surface area contributed by atoms with E-state index in [2.05, 4.69) is 17.4 Å². The highest BCUT2D eigenvalue weighted by Crippen LogP contribution is 2.24. The van der Waals surface area contributed by atoms with Gasteiger partial charge in [-0.2, -0.15) is 11.3 Å². The number of rotatable bonds is 3. The topological polar surface area (TPSA) is 29.1 Å². The smallest absolute Gasteiger partial charge is 0.228 e. The van der Waals surface area contributed by atoms with Gasteiger partial charge in [-0.1, -0.05) is 6.07 Å². The second kappa shape index (κ2) is 4.94. The standard InChI is InChI=1S/C15H15NOS/c17-15(8-11-6-7-18-10-11)16-14-5-4-12-2-1-3-13(12)9-14/h4-7,9-10H,1-3,8H2,(H,16,17). The molecular weight excluding hydrogens is 242 g/mol. The molecule has 3 rings (SSSR count). The monoisotopic (exact) mass is 257 g/mol. The van der Waals surface area contributed by atoms with E-state index in [1.807, 2.05) is 22.9 Å². The lowest BCUT2D eigenvalue weighted by Gasteiger charge is -2.07. The fraction of sp³-hybridized carbons (Fsp3) is 0.267. The molecule has 2 aromatic rings. The van der Waals surface area contributed by atoms with Crippen LogP contribution in [0.1, 0.15) is 23.1 Å². The first-order valence-corrected chi connectivity index (χ1v) is 7.18. The highest BCUT2D eigenvalue weighted by molar-refractivity contribution is 7.08. The number of hydrogen-bond acceptors (Lipinski definition) is 2. The van der Waals surface area contributed by atoms with Crippen LogP contribution in [0.5, 0.6) is 0 Å². The van der Waals surface area contributed by atoms with Crippen molar-refractivity contribution < 1.29 is 4.79 Å². The second-order valence-electron chi connectivity index (χ2n) is 4.69. The number of carbonyl (C=O) groups excluding carboxylic acids is 1. The average Bonchev–Trinajstić information content (AvgIpc) is 2.98. The number of aryl methyl sites for hydroxylation is 2. The Labute approximate surface area is 111 Å². The average molecular weight is 257 g/mol. The van der Waals surface area contributed by atoms with Crippen molar-refractivity contribution in [3.8, 4) is 0 Å². The molecule has 1 aliphatic carbocycles. The van der Waals surface area contributed by atoms with Crippen molar-refractivity contribution in [1.82, 2.24) is 0 Å².